The second-order valence-electron chi connectivity index (χ2n) is 3.66. The summed E-state index contributed by atoms with van der Waals surface area (Å²) in [4.78, 5) is 11.6. The molecule has 1 heterocycles. The van der Waals surface area contributed by atoms with Crippen molar-refractivity contribution in [3.8, 4) is 0 Å². The molecule has 17 heavy (non-hydrogen) atoms. The normalized spacial score (nSPS) is 24.4. The van der Waals surface area contributed by atoms with Gasteiger partial charge in [0.05, 0.1) is 20.3 Å². The van der Waals surface area contributed by atoms with Crippen LogP contribution in [0.1, 0.15) is 11.7 Å². The average Bonchev–Trinajstić information content (AvgIpc) is 2.39. The molecule has 0 aromatic heterocycles. The van der Waals surface area contributed by atoms with E-state index in [-0.39, 0.29) is 0 Å². The van der Waals surface area contributed by atoms with Gasteiger partial charge in [0.1, 0.15) is 6.10 Å². The summed E-state index contributed by atoms with van der Waals surface area (Å²) in [6, 6.07) is 7.61. The zero-order valence-electron chi connectivity index (χ0n) is 9.39. The monoisotopic (exact) mass is 300 g/mol. The lowest BCUT2D eigenvalue weighted by Gasteiger charge is -2.30. The Bertz CT molecular complexity index is 390. The van der Waals surface area contributed by atoms with Crippen molar-refractivity contribution < 1.29 is 19.0 Å². The van der Waals surface area contributed by atoms with E-state index in [0.29, 0.717) is 13.2 Å². The van der Waals surface area contributed by atoms with Crippen LogP contribution in [0, 0.1) is 0 Å². The van der Waals surface area contributed by atoms with Crippen molar-refractivity contribution in [2.75, 3.05) is 20.3 Å². The molecule has 2 atom stereocenters. The van der Waals surface area contributed by atoms with E-state index >= 15 is 0 Å². The minimum atomic E-state index is -0.685. The number of ether oxygens (including phenoxy) is 3. The number of benzene rings is 1. The van der Waals surface area contributed by atoms with Crippen LogP contribution in [-0.2, 0) is 19.0 Å². The fourth-order valence-electron chi connectivity index (χ4n) is 1.76. The number of carbonyl (C=O) groups is 1. The molecule has 0 bridgehead atoms. The molecule has 4 nitrogen and oxygen atoms in total. The number of esters is 1. The molecule has 1 aliphatic rings. The van der Waals surface area contributed by atoms with Gasteiger partial charge < -0.3 is 14.2 Å². The van der Waals surface area contributed by atoms with Crippen molar-refractivity contribution in [1.29, 1.82) is 0 Å². The third-order valence-corrected chi connectivity index (χ3v) is 3.11. The van der Waals surface area contributed by atoms with Crippen molar-refractivity contribution in [2.24, 2.45) is 0 Å². The molecule has 2 rings (SSSR count). The Balaban J connectivity index is 2.21. The summed E-state index contributed by atoms with van der Waals surface area (Å²) in [6.45, 7) is 0.890. The fourth-order valence-corrected chi connectivity index (χ4v) is 2.02. The van der Waals surface area contributed by atoms with Crippen LogP contribution in [-0.4, -0.2) is 32.4 Å². The molecule has 92 valence electrons. The summed E-state index contributed by atoms with van der Waals surface area (Å²) in [5.41, 5.74) is 0.906. The molecule has 0 N–H and O–H groups in total. The van der Waals surface area contributed by atoms with E-state index in [2.05, 4.69) is 15.9 Å². The first kappa shape index (κ1) is 12.5. The SMILES string of the molecule is COC(=O)C1OCCOC1c1ccc(Br)cc1. The van der Waals surface area contributed by atoms with Gasteiger partial charge in [-0.15, -0.1) is 0 Å². The maximum Gasteiger partial charge on any atom is 0.338 e. The Morgan fingerprint density at radius 2 is 1.94 bits per heavy atom. The van der Waals surface area contributed by atoms with Gasteiger partial charge in [-0.2, -0.15) is 0 Å². The Morgan fingerprint density at radius 3 is 2.59 bits per heavy atom. The summed E-state index contributed by atoms with van der Waals surface area (Å²) < 4.78 is 16.7. The predicted octanol–water partition coefficient (Wildman–Crippen LogP) is 2.08. The molecule has 1 aromatic carbocycles. The van der Waals surface area contributed by atoms with Gasteiger partial charge in [0, 0.05) is 4.47 Å². The summed E-state index contributed by atoms with van der Waals surface area (Å²) in [7, 11) is 1.35. The molecule has 1 aromatic rings. The Kier molecular flexibility index (Phi) is 4.15. The summed E-state index contributed by atoms with van der Waals surface area (Å²) >= 11 is 3.36. The van der Waals surface area contributed by atoms with Crippen molar-refractivity contribution in [3.05, 3.63) is 34.3 Å². The average molecular weight is 301 g/mol. The lowest BCUT2D eigenvalue weighted by Crippen LogP contribution is -2.39. The van der Waals surface area contributed by atoms with E-state index in [1.807, 2.05) is 24.3 Å². The summed E-state index contributed by atoms with van der Waals surface area (Å²) in [6.07, 6.45) is -1.08. The molecular formula is C12H13BrO4. The van der Waals surface area contributed by atoms with E-state index in [9.17, 15) is 4.79 Å². The third-order valence-electron chi connectivity index (χ3n) is 2.59. The minimum Gasteiger partial charge on any atom is -0.467 e. The topological polar surface area (TPSA) is 44.8 Å². The zero-order valence-corrected chi connectivity index (χ0v) is 11.0. The van der Waals surface area contributed by atoms with Crippen LogP contribution in [0.25, 0.3) is 0 Å². The molecule has 5 heteroatoms. The van der Waals surface area contributed by atoms with Crippen molar-refractivity contribution in [1.82, 2.24) is 0 Å². The summed E-state index contributed by atoms with van der Waals surface area (Å²) in [5.74, 6) is -0.405. The highest BCUT2D eigenvalue weighted by molar-refractivity contribution is 9.10. The van der Waals surface area contributed by atoms with Crippen LogP contribution in [0.2, 0.25) is 0 Å². The molecule has 0 aliphatic carbocycles. The van der Waals surface area contributed by atoms with E-state index < -0.39 is 18.2 Å². The van der Waals surface area contributed by atoms with Crippen LogP contribution in [0.5, 0.6) is 0 Å². The fraction of sp³-hybridized carbons (Fsp3) is 0.417. The van der Waals surface area contributed by atoms with Gasteiger partial charge in [-0.3, -0.25) is 0 Å². The highest BCUT2D eigenvalue weighted by Gasteiger charge is 2.35. The van der Waals surface area contributed by atoms with Crippen molar-refractivity contribution >= 4 is 21.9 Å². The largest absolute Gasteiger partial charge is 0.467 e. The number of hydrogen-bond acceptors (Lipinski definition) is 4. The van der Waals surface area contributed by atoms with Crippen LogP contribution in [0.15, 0.2) is 28.7 Å². The molecule has 1 saturated heterocycles. The quantitative estimate of drug-likeness (QED) is 0.785. The van der Waals surface area contributed by atoms with Gasteiger partial charge >= 0.3 is 5.97 Å². The minimum absolute atomic E-state index is 0.399. The van der Waals surface area contributed by atoms with Gasteiger partial charge in [-0.05, 0) is 17.7 Å². The van der Waals surface area contributed by atoms with Crippen LogP contribution in [0.3, 0.4) is 0 Å². The van der Waals surface area contributed by atoms with E-state index in [1.165, 1.54) is 7.11 Å². The molecule has 0 spiro atoms. The Labute approximate surface area is 108 Å². The molecule has 0 saturated carbocycles. The van der Waals surface area contributed by atoms with Crippen molar-refractivity contribution in [3.63, 3.8) is 0 Å². The first-order valence-electron chi connectivity index (χ1n) is 5.29. The van der Waals surface area contributed by atoms with Gasteiger partial charge in [-0.1, -0.05) is 28.1 Å². The van der Waals surface area contributed by atoms with Crippen molar-refractivity contribution in [2.45, 2.75) is 12.2 Å². The highest BCUT2D eigenvalue weighted by Crippen LogP contribution is 2.28. The van der Waals surface area contributed by atoms with Gasteiger partial charge in [0.2, 0.25) is 0 Å². The Hall–Kier alpha value is -0.910. The van der Waals surface area contributed by atoms with Crippen LogP contribution in [0.4, 0.5) is 0 Å². The Morgan fingerprint density at radius 1 is 1.29 bits per heavy atom. The smallest absolute Gasteiger partial charge is 0.338 e. The number of rotatable bonds is 2. The predicted molar refractivity (Wildman–Crippen MR) is 64.6 cm³/mol. The van der Waals surface area contributed by atoms with Gasteiger partial charge in [-0.25, -0.2) is 4.79 Å². The zero-order chi connectivity index (χ0) is 12.3. The number of hydrogen-bond donors (Lipinski definition) is 0. The van der Waals surface area contributed by atoms with Gasteiger partial charge in [0.15, 0.2) is 6.10 Å². The third kappa shape index (κ3) is 2.86. The van der Waals surface area contributed by atoms with E-state index in [1.54, 1.807) is 0 Å². The number of methoxy groups -OCH3 is 1. The van der Waals surface area contributed by atoms with Gasteiger partial charge in [0.25, 0.3) is 0 Å². The number of halogens is 1. The highest BCUT2D eigenvalue weighted by atomic mass is 79.9. The standard InChI is InChI=1S/C12H13BrO4/c1-15-12(14)11-10(16-6-7-17-11)8-2-4-9(13)5-3-8/h2-5,10-11H,6-7H2,1H3. The molecule has 0 radical (unpaired) electrons. The first-order chi connectivity index (χ1) is 8.22. The summed E-state index contributed by atoms with van der Waals surface area (Å²) in [5, 5.41) is 0. The van der Waals surface area contributed by atoms with Crippen LogP contribution >= 0.6 is 15.9 Å². The number of carbonyl (C=O) groups excluding carboxylic acids is 1. The molecule has 1 fully saturated rings. The second kappa shape index (κ2) is 5.62. The maximum atomic E-state index is 11.6. The second-order valence-corrected chi connectivity index (χ2v) is 4.57. The maximum absolute atomic E-state index is 11.6. The lowest BCUT2D eigenvalue weighted by molar-refractivity contribution is -0.184. The van der Waals surface area contributed by atoms with E-state index in [0.717, 1.165) is 10.0 Å². The van der Waals surface area contributed by atoms with E-state index in [4.69, 9.17) is 14.2 Å². The lowest BCUT2D eigenvalue weighted by atomic mass is 10.0. The van der Waals surface area contributed by atoms with Crippen LogP contribution < -0.4 is 0 Å². The molecule has 0 amide bonds. The molecule has 1 aliphatic heterocycles. The first-order valence-corrected chi connectivity index (χ1v) is 6.08. The molecule has 2 unspecified atom stereocenters. The molecular weight excluding hydrogens is 288 g/mol.